The molecule has 0 saturated carbocycles. The lowest BCUT2D eigenvalue weighted by molar-refractivity contribution is -0.116. The SMILES string of the molecule is C=CCn1c(=O)c2sc(N(CC)CC)nc2n(CC(=O)Nc2ccc(F)c(Cl)c2)c1=O. The van der Waals surface area contributed by atoms with Crippen LogP contribution in [-0.4, -0.2) is 33.1 Å². The van der Waals surface area contributed by atoms with Gasteiger partial charge in [0.15, 0.2) is 10.8 Å². The molecule has 0 radical (unpaired) electrons. The number of fused-ring (bicyclic) bond motifs is 1. The van der Waals surface area contributed by atoms with Crippen LogP contribution in [0.2, 0.25) is 5.02 Å². The van der Waals surface area contributed by atoms with Crippen LogP contribution in [0.15, 0.2) is 40.4 Å². The predicted octanol–water partition coefficient (Wildman–Crippen LogP) is 3.08. The number of hydrogen-bond donors (Lipinski definition) is 1. The first-order valence-electron chi connectivity index (χ1n) is 9.55. The number of rotatable bonds is 8. The van der Waals surface area contributed by atoms with Crippen LogP contribution >= 0.6 is 22.9 Å². The molecule has 1 amide bonds. The molecular weight excluding hydrogens is 445 g/mol. The summed E-state index contributed by atoms with van der Waals surface area (Å²) in [5, 5.41) is 3.03. The van der Waals surface area contributed by atoms with Crippen molar-refractivity contribution in [1.29, 1.82) is 0 Å². The number of carbonyl (C=O) groups excluding carboxylic acids is 1. The molecule has 0 atom stereocenters. The number of benzene rings is 1. The summed E-state index contributed by atoms with van der Waals surface area (Å²) < 4.78 is 15.8. The van der Waals surface area contributed by atoms with Crippen molar-refractivity contribution in [2.24, 2.45) is 0 Å². The van der Waals surface area contributed by atoms with E-state index in [1.54, 1.807) is 0 Å². The monoisotopic (exact) mass is 465 g/mol. The minimum atomic E-state index is -0.666. The van der Waals surface area contributed by atoms with Crippen molar-refractivity contribution >= 4 is 50.0 Å². The van der Waals surface area contributed by atoms with E-state index >= 15 is 0 Å². The average Bonchev–Trinajstić information content (AvgIpc) is 3.17. The number of allylic oxidation sites excluding steroid dienone is 1. The van der Waals surface area contributed by atoms with Crippen molar-refractivity contribution in [2.75, 3.05) is 23.3 Å². The summed E-state index contributed by atoms with van der Waals surface area (Å²) in [5.74, 6) is -1.16. The Bertz CT molecular complexity index is 1260. The van der Waals surface area contributed by atoms with Crippen LogP contribution in [0.25, 0.3) is 10.3 Å². The zero-order valence-corrected chi connectivity index (χ0v) is 18.6. The lowest BCUT2D eigenvalue weighted by Crippen LogP contribution is -2.41. The lowest BCUT2D eigenvalue weighted by Gasteiger charge is -2.16. The molecule has 0 saturated heterocycles. The number of amides is 1. The van der Waals surface area contributed by atoms with Crippen molar-refractivity contribution in [3.63, 3.8) is 0 Å². The number of nitrogens with one attached hydrogen (secondary N) is 1. The summed E-state index contributed by atoms with van der Waals surface area (Å²) in [6, 6.07) is 3.76. The number of anilines is 2. The van der Waals surface area contributed by atoms with Gasteiger partial charge < -0.3 is 10.2 Å². The molecule has 2 aromatic heterocycles. The summed E-state index contributed by atoms with van der Waals surface area (Å²) in [5.41, 5.74) is -0.712. The molecule has 164 valence electrons. The van der Waals surface area contributed by atoms with Crippen molar-refractivity contribution in [3.8, 4) is 0 Å². The van der Waals surface area contributed by atoms with Gasteiger partial charge in [0.05, 0.1) is 5.02 Å². The molecule has 31 heavy (non-hydrogen) atoms. The van der Waals surface area contributed by atoms with E-state index in [2.05, 4.69) is 16.9 Å². The molecule has 1 aromatic carbocycles. The van der Waals surface area contributed by atoms with Crippen LogP contribution in [0, 0.1) is 5.82 Å². The van der Waals surface area contributed by atoms with E-state index < -0.39 is 23.0 Å². The third-order valence-corrected chi connectivity index (χ3v) is 5.99. The van der Waals surface area contributed by atoms with Gasteiger partial charge in [0, 0.05) is 25.3 Å². The Kier molecular flexibility index (Phi) is 6.91. The van der Waals surface area contributed by atoms with Crippen molar-refractivity contribution in [2.45, 2.75) is 26.9 Å². The Labute approximate surface area is 186 Å². The fourth-order valence-corrected chi connectivity index (χ4v) is 4.38. The molecule has 2 heterocycles. The van der Waals surface area contributed by atoms with E-state index in [4.69, 9.17) is 11.6 Å². The number of thiazole rings is 1. The van der Waals surface area contributed by atoms with Gasteiger partial charge in [0.25, 0.3) is 5.56 Å². The second-order valence-corrected chi connectivity index (χ2v) is 7.96. The minimum Gasteiger partial charge on any atom is -0.349 e. The molecule has 11 heteroatoms. The van der Waals surface area contributed by atoms with E-state index in [0.717, 1.165) is 15.2 Å². The minimum absolute atomic E-state index is 0.00129. The Hall–Kier alpha value is -2.98. The molecule has 0 fully saturated rings. The van der Waals surface area contributed by atoms with Crippen molar-refractivity contribution in [1.82, 2.24) is 14.1 Å². The van der Waals surface area contributed by atoms with Crippen molar-refractivity contribution in [3.05, 3.63) is 62.5 Å². The molecule has 3 rings (SSSR count). The Balaban J connectivity index is 2.07. The highest BCUT2D eigenvalue weighted by atomic mass is 35.5. The van der Waals surface area contributed by atoms with Crippen LogP contribution in [0.5, 0.6) is 0 Å². The van der Waals surface area contributed by atoms with Crippen molar-refractivity contribution < 1.29 is 9.18 Å². The summed E-state index contributed by atoms with van der Waals surface area (Å²) in [6.45, 7) is 8.47. The smallest absolute Gasteiger partial charge is 0.333 e. The maximum Gasteiger partial charge on any atom is 0.333 e. The first kappa shape index (κ1) is 22.7. The van der Waals surface area contributed by atoms with Gasteiger partial charge in [0.2, 0.25) is 5.91 Å². The largest absolute Gasteiger partial charge is 0.349 e. The molecule has 0 bridgehead atoms. The lowest BCUT2D eigenvalue weighted by atomic mass is 10.3. The maximum absolute atomic E-state index is 13.3. The molecule has 8 nitrogen and oxygen atoms in total. The van der Waals surface area contributed by atoms with E-state index in [1.807, 2.05) is 18.7 Å². The van der Waals surface area contributed by atoms with E-state index in [9.17, 15) is 18.8 Å². The second kappa shape index (κ2) is 9.44. The van der Waals surface area contributed by atoms with E-state index in [0.29, 0.717) is 18.2 Å². The Morgan fingerprint density at radius 1 is 1.32 bits per heavy atom. The van der Waals surface area contributed by atoms with Crippen LogP contribution in [-0.2, 0) is 17.9 Å². The second-order valence-electron chi connectivity index (χ2n) is 6.57. The van der Waals surface area contributed by atoms with E-state index in [1.165, 1.54) is 29.5 Å². The number of aromatic nitrogens is 3. The number of halogens is 2. The fraction of sp³-hybridized carbons (Fsp3) is 0.300. The Morgan fingerprint density at radius 3 is 2.65 bits per heavy atom. The fourth-order valence-electron chi connectivity index (χ4n) is 3.05. The highest BCUT2D eigenvalue weighted by Crippen LogP contribution is 2.26. The van der Waals surface area contributed by atoms with Gasteiger partial charge in [-0.3, -0.25) is 18.7 Å². The van der Waals surface area contributed by atoms with Crippen LogP contribution in [0.1, 0.15) is 13.8 Å². The number of carbonyl (C=O) groups is 1. The van der Waals surface area contributed by atoms with Gasteiger partial charge in [-0.1, -0.05) is 29.0 Å². The molecule has 0 unspecified atom stereocenters. The molecule has 0 aliphatic heterocycles. The molecule has 0 spiro atoms. The topological polar surface area (TPSA) is 89.2 Å². The maximum atomic E-state index is 13.3. The van der Waals surface area contributed by atoms with Crippen LogP contribution < -0.4 is 21.5 Å². The van der Waals surface area contributed by atoms with Gasteiger partial charge >= 0.3 is 5.69 Å². The average molecular weight is 466 g/mol. The predicted molar refractivity (Wildman–Crippen MR) is 122 cm³/mol. The quantitative estimate of drug-likeness (QED) is 0.516. The van der Waals surface area contributed by atoms with Gasteiger partial charge in [-0.15, -0.1) is 6.58 Å². The standard InChI is InChI=1S/C20H21ClFN5O3S/c1-4-9-26-18(29)16-17(24-19(31-16)25(5-2)6-3)27(20(26)30)11-15(28)23-12-7-8-14(22)13(21)10-12/h4,7-8,10H,1,5-6,9,11H2,2-3H3,(H,23,28). The molecule has 0 aliphatic rings. The molecular formula is C20H21ClFN5O3S. The van der Waals surface area contributed by atoms with Gasteiger partial charge in [-0.05, 0) is 32.0 Å². The number of hydrogen-bond acceptors (Lipinski definition) is 6. The van der Waals surface area contributed by atoms with Gasteiger partial charge in [-0.25, -0.2) is 14.2 Å². The highest BCUT2D eigenvalue weighted by molar-refractivity contribution is 7.22. The normalized spacial score (nSPS) is 11.0. The first-order chi connectivity index (χ1) is 14.8. The Morgan fingerprint density at radius 2 is 2.03 bits per heavy atom. The van der Waals surface area contributed by atoms with Gasteiger partial charge in [-0.2, -0.15) is 0 Å². The van der Waals surface area contributed by atoms with Crippen LogP contribution in [0.3, 0.4) is 0 Å². The van der Waals surface area contributed by atoms with Crippen LogP contribution in [0.4, 0.5) is 15.2 Å². The summed E-state index contributed by atoms with van der Waals surface area (Å²) in [4.78, 5) is 44.9. The molecule has 0 aliphatic carbocycles. The third-order valence-electron chi connectivity index (χ3n) is 4.61. The van der Waals surface area contributed by atoms with E-state index in [-0.39, 0.29) is 34.1 Å². The summed E-state index contributed by atoms with van der Waals surface area (Å²) in [7, 11) is 0. The molecule has 3 aromatic rings. The third kappa shape index (κ3) is 4.54. The zero-order chi connectivity index (χ0) is 22.7. The highest BCUT2D eigenvalue weighted by Gasteiger charge is 2.21. The summed E-state index contributed by atoms with van der Waals surface area (Å²) >= 11 is 6.93. The van der Waals surface area contributed by atoms with Gasteiger partial charge in [0.1, 0.15) is 17.1 Å². The number of nitrogens with zero attached hydrogens (tertiary/aromatic N) is 4. The zero-order valence-electron chi connectivity index (χ0n) is 17.0. The first-order valence-corrected chi connectivity index (χ1v) is 10.7. The summed E-state index contributed by atoms with van der Waals surface area (Å²) in [6.07, 6.45) is 1.44. The molecule has 1 N–H and O–H groups in total.